The molecule has 0 aliphatic carbocycles. The number of ether oxygens (including phenoxy) is 2. The highest BCUT2D eigenvalue weighted by molar-refractivity contribution is 7.71. The van der Waals surface area contributed by atoms with Gasteiger partial charge in [-0.1, -0.05) is 0 Å². The molecule has 0 aliphatic heterocycles. The first-order valence-corrected chi connectivity index (χ1v) is 11.1. The van der Waals surface area contributed by atoms with Crippen LogP contribution in [0, 0.1) is 11.7 Å². The van der Waals surface area contributed by atoms with Gasteiger partial charge >= 0.3 is 11.9 Å². The molecule has 10 heteroatoms. The maximum Gasteiger partial charge on any atom is 0.338 e. The molecule has 0 atom stereocenters. The fourth-order valence-electron chi connectivity index (χ4n) is 3.41. The molecule has 0 saturated carbocycles. The van der Waals surface area contributed by atoms with E-state index in [0.29, 0.717) is 57.6 Å². The van der Waals surface area contributed by atoms with E-state index < -0.39 is 0 Å². The van der Waals surface area contributed by atoms with Crippen molar-refractivity contribution in [2.24, 2.45) is 0 Å². The topological polar surface area (TPSA) is 111 Å². The van der Waals surface area contributed by atoms with E-state index in [4.69, 9.17) is 21.7 Å². The number of aromatic amines is 1. The third-order valence-corrected chi connectivity index (χ3v) is 5.29. The van der Waals surface area contributed by atoms with Crippen LogP contribution in [0.25, 0.3) is 16.9 Å². The third kappa shape index (κ3) is 4.67. The van der Waals surface area contributed by atoms with Crippen LogP contribution in [-0.2, 0) is 9.47 Å². The molecule has 2 aromatic carbocycles. The largest absolute Gasteiger partial charge is 0.462 e. The Bertz CT molecular complexity index is 1410. The number of rotatable bonds is 7. The van der Waals surface area contributed by atoms with Gasteiger partial charge in [0.15, 0.2) is 10.4 Å². The summed E-state index contributed by atoms with van der Waals surface area (Å²) in [6, 6.07) is 13.8. The molecule has 0 amide bonds. The van der Waals surface area contributed by atoms with Gasteiger partial charge in [0.1, 0.15) is 5.52 Å². The molecule has 0 spiro atoms. The standard InChI is InChI=1S/C24H23N5O4S/c1-4-32-21(30)15-6-10-17(11-7-15)26-23-25-14(3)19-20(28-23)29(24(34)27-19)18-12-8-16(9-13-18)22(31)33-5-2/h6-13H,4-5H2,1-3H3,(H,27,34)(H,25,26,28). The van der Waals surface area contributed by atoms with Crippen molar-refractivity contribution in [2.45, 2.75) is 20.8 Å². The predicted octanol–water partition coefficient (Wildman–Crippen LogP) is 4.88. The molecular formula is C24H23N5O4S. The number of nitrogens with one attached hydrogen (secondary N) is 2. The summed E-state index contributed by atoms with van der Waals surface area (Å²) < 4.78 is 12.3. The number of fused-ring (bicyclic) bond motifs is 1. The van der Waals surface area contributed by atoms with E-state index in [-0.39, 0.29) is 11.9 Å². The Morgan fingerprint density at radius 3 is 2.06 bits per heavy atom. The first-order valence-electron chi connectivity index (χ1n) is 10.7. The average molecular weight is 478 g/mol. The molecular weight excluding hydrogens is 454 g/mol. The smallest absolute Gasteiger partial charge is 0.338 e. The number of hydrogen-bond donors (Lipinski definition) is 2. The van der Waals surface area contributed by atoms with Crippen molar-refractivity contribution in [3.63, 3.8) is 0 Å². The Kier molecular flexibility index (Phi) is 6.69. The third-order valence-electron chi connectivity index (χ3n) is 5.01. The van der Waals surface area contributed by atoms with Crippen molar-refractivity contribution in [3.8, 4) is 5.69 Å². The highest BCUT2D eigenvalue weighted by Crippen LogP contribution is 2.23. The van der Waals surface area contributed by atoms with Gasteiger partial charge in [0.2, 0.25) is 5.95 Å². The fraction of sp³-hybridized carbons (Fsp3) is 0.208. The van der Waals surface area contributed by atoms with Gasteiger partial charge in [0, 0.05) is 11.4 Å². The number of aryl methyl sites for hydroxylation is 1. The van der Waals surface area contributed by atoms with Crippen molar-refractivity contribution in [1.82, 2.24) is 19.5 Å². The first-order chi connectivity index (χ1) is 16.4. The zero-order valence-electron chi connectivity index (χ0n) is 18.9. The molecule has 4 aromatic rings. The summed E-state index contributed by atoms with van der Waals surface area (Å²) >= 11 is 5.54. The van der Waals surface area contributed by atoms with Gasteiger partial charge < -0.3 is 19.8 Å². The van der Waals surface area contributed by atoms with E-state index in [1.165, 1.54) is 0 Å². The summed E-state index contributed by atoms with van der Waals surface area (Å²) in [5.41, 5.74) is 4.39. The maximum absolute atomic E-state index is 12.0. The van der Waals surface area contributed by atoms with Gasteiger partial charge in [-0.15, -0.1) is 0 Å². The number of carbonyl (C=O) groups is 2. The van der Waals surface area contributed by atoms with Gasteiger partial charge in [-0.05, 0) is 81.5 Å². The number of anilines is 2. The summed E-state index contributed by atoms with van der Waals surface area (Å²) in [6.45, 7) is 6.02. The lowest BCUT2D eigenvalue weighted by atomic mass is 10.2. The first kappa shape index (κ1) is 23.1. The Labute approximate surface area is 200 Å². The zero-order chi connectivity index (χ0) is 24.2. The molecule has 0 fully saturated rings. The molecule has 0 unspecified atom stereocenters. The molecule has 0 aliphatic rings. The molecule has 0 saturated heterocycles. The fourth-order valence-corrected chi connectivity index (χ4v) is 3.71. The lowest BCUT2D eigenvalue weighted by Crippen LogP contribution is -2.06. The Hall–Kier alpha value is -4.05. The minimum absolute atomic E-state index is 0.311. The van der Waals surface area contributed by atoms with E-state index >= 15 is 0 Å². The minimum Gasteiger partial charge on any atom is -0.462 e. The van der Waals surface area contributed by atoms with E-state index in [2.05, 4.69) is 20.3 Å². The van der Waals surface area contributed by atoms with Crippen LogP contribution in [0.1, 0.15) is 40.3 Å². The van der Waals surface area contributed by atoms with E-state index in [1.54, 1.807) is 66.9 Å². The normalized spacial score (nSPS) is 10.8. The van der Waals surface area contributed by atoms with E-state index in [1.807, 2.05) is 6.92 Å². The molecule has 4 rings (SSSR count). The van der Waals surface area contributed by atoms with Crippen LogP contribution in [0.4, 0.5) is 11.6 Å². The molecule has 2 N–H and O–H groups in total. The number of H-pyrrole nitrogens is 1. The highest BCUT2D eigenvalue weighted by Gasteiger charge is 2.15. The van der Waals surface area contributed by atoms with Gasteiger partial charge in [-0.3, -0.25) is 4.57 Å². The van der Waals surface area contributed by atoms with Crippen LogP contribution in [0.5, 0.6) is 0 Å². The number of esters is 2. The van der Waals surface area contributed by atoms with Crippen LogP contribution in [0.15, 0.2) is 48.5 Å². The van der Waals surface area contributed by atoms with Gasteiger partial charge in [0.25, 0.3) is 0 Å². The second-order valence-electron chi connectivity index (χ2n) is 7.29. The van der Waals surface area contributed by atoms with Gasteiger partial charge in [-0.25, -0.2) is 14.6 Å². The van der Waals surface area contributed by atoms with Crippen LogP contribution in [-0.4, -0.2) is 44.7 Å². The van der Waals surface area contributed by atoms with Crippen LogP contribution in [0.3, 0.4) is 0 Å². The quantitative estimate of drug-likeness (QED) is 0.286. The average Bonchev–Trinajstić information content (AvgIpc) is 3.16. The van der Waals surface area contributed by atoms with Crippen LogP contribution < -0.4 is 5.32 Å². The summed E-state index contributed by atoms with van der Waals surface area (Å²) in [7, 11) is 0. The van der Waals surface area contributed by atoms with Crippen LogP contribution in [0.2, 0.25) is 0 Å². The molecule has 174 valence electrons. The SMILES string of the molecule is CCOC(=O)c1ccc(Nc2nc(C)c3[nH]c(=S)n(-c4ccc(C(=O)OCC)cc4)c3n2)cc1. The molecule has 2 aromatic heterocycles. The molecule has 0 radical (unpaired) electrons. The Morgan fingerprint density at radius 2 is 1.50 bits per heavy atom. The van der Waals surface area contributed by atoms with Crippen molar-refractivity contribution in [1.29, 1.82) is 0 Å². The summed E-state index contributed by atoms with van der Waals surface area (Å²) in [6.07, 6.45) is 0. The van der Waals surface area contributed by atoms with Crippen molar-refractivity contribution in [3.05, 3.63) is 70.1 Å². The van der Waals surface area contributed by atoms with Crippen LogP contribution >= 0.6 is 12.2 Å². The summed E-state index contributed by atoms with van der Waals surface area (Å²) in [5, 5.41) is 3.16. The molecule has 9 nitrogen and oxygen atoms in total. The highest BCUT2D eigenvalue weighted by atomic mass is 32.1. The maximum atomic E-state index is 12.0. The summed E-state index contributed by atoms with van der Waals surface area (Å²) in [5.74, 6) is -0.377. The minimum atomic E-state index is -0.379. The summed E-state index contributed by atoms with van der Waals surface area (Å²) in [4.78, 5) is 36.2. The van der Waals surface area contributed by atoms with E-state index in [9.17, 15) is 9.59 Å². The van der Waals surface area contributed by atoms with Crippen molar-refractivity contribution in [2.75, 3.05) is 18.5 Å². The number of benzene rings is 2. The number of hydrogen-bond acceptors (Lipinski definition) is 8. The molecule has 2 heterocycles. The van der Waals surface area contributed by atoms with Crippen molar-refractivity contribution < 1.29 is 19.1 Å². The number of imidazole rings is 1. The monoisotopic (exact) mass is 477 g/mol. The Morgan fingerprint density at radius 1 is 0.941 bits per heavy atom. The van der Waals surface area contributed by atoms with Crippen molar-refractivity contribution >= 4 is 47.0 Å². The zero-order valence-corrected chi connectivity index (χ0v) is 19.7. The second-order valence-corrected chi connectivity index (χ2v) is 7.67. The molecule has 0 bridgehead atoms. The number of nitrogens with zero attached hydrogens (tertiary/aromatic N) is 3. The Balaban J connectivity index is 1.67. The number of carbonyl (C=O) groups excluding carboxylic acids is 2. The second kappa shape index (κ2) is 9.84. The van der Waals surface area contributed by atoms with Gasteiger partial charge in [-0.2, -0.15) is 4.98 Å². The van der Waals surface area contributed by atoms with E-state index in [0.717, 1.165) is 5.69 Å². The van der Waals surface area contributed by atoms with Gasteiger partial charge in [0.05, 0.1) is 30.0 Å². The molecule has 34 heavy (non-hydrogen) atoms. The lowest BCUT2D eigenvalue weighted by molar-refractivity contribution is 0.0517. The lowest BCUT2D eigenvalue weighted by Gasteiger charge is -2.09. The number of aromatic nitrogens is 4. The predicted molar refractivity (Wildman–Crippen MR) is 130 cm³/mol.